The number of aryl methyl sites for hydroxylation is 1. The van der Waals surface area contributed by atoms with Crippen LogP contribution in [-0.4, -0.2) is 49.0 Å². The number of nitrogens with zero attached hydrogens (tertiary/aromatic N) is 1. The lowest BCUT2D eigenvalue weighted by molar-refractivity contribution is 0.177. The molecule has 0 unspecified atom stereocenters. The van der Waals surface area contributed by atoms with E-state index < -0.39 is 103 Å². The number of amides is 1. The maximum atomic E-state index is 11.7. The largest absolute Gasteiger partial charge is 0.447 e. The Morgan fingerprint density at radius 1 is 1.67 bits per heavy atom. The number of hydrogen-bond acceptors (Lipinski definition) is 3. The second-order valence-corrected chi connectivity index (χ2v) is 3.88. The molecule has 1 fully saturated rings. The van der Waals surface area contributed by atoms with Gasteiger partial charge in [0.25, 0.3) is 0 Å². The predicted molar refractivity (Wildman–Crippen MR) is 82.5 cm³/mol. The summed E-state index contributed by atoms with van der Waals surface area (Å²) in [7, 11) is 0. The van der Waals surface area contributed by atoms with Gasteiger partial charge in [0.05, 0.1) is 12.9 Å². The summed E-state index contributed by atoms with van der Waals surface area (Å²) in [5.41, 5.74) is -3.36. The van der Waals surface area contributed by atoms with Crippen molar-refractivity contribution >= 4 is 17.0 Å². The highest BCUT2D eigenvalue weighted by Gasteiger charge is 2.22. The average molecular weight is 306 g/mol. The minimum Gasteiger partial charge on any atom is -0.447 e. The molecule has 112 valence electrons. The molecule has 1 saturated heterocycles. The quantitative estimate of drug-likeness (QED) is 0.887. The van der Waals surface area contributed by atoms with Crippen LogP contribution in [0.4, 0.5) is 4.79 Å². The third-order valence-electron chi connectivity index (χ3n) is 2.44. The van der Waals surface area contributed by atoms with Crippen LogP contribution < -0.4 is 5.31 Å². The molecule has 2 N–H and O–H groups in total. The number of carbonyl (C=O) groups excluding carboxylic acids is 1. The number of cyclic esters (lactones) is 1. The molecule has 1 aromatic heterocycles. The van der Waals surface area contributed by atoms with Gasteiger partial charge in [0.1, 0.15) is 6.61 Å². The Bertz CT molecular complexity index is 1360. The second-order valence-electron chi connectivity index (χ2n) is 3.88. The number of benzene rings is 1. The second kappa shape index (κ2) is 5.77. The molecule has 3 rings (SSSR count). The first-order valence-electron chi connectivity index (χ1n) is 15.0. The van der Waals surface area contributed by atoms with E-state index in [1.54, 1.807) is 0 Å². The van der Waals surface area contributed by atoms with Crippen LogP contribution in [0.1, 0.15) is 34.4 Å². The fraction of sp³-hybridized carbons (Fsp3) is 0.438. The fourth-order valence-electron chi connectivity index (χ4n) is 1.61. The smallest absolute Gasteiger partial charge is 0.407 e. The van der Waals surface area contributed by atoms with E-state index >= 15 is 0 Å². The molecule has 1 aromatic carbocycles. The highest BCUT2D eigenvalue weighted by Crippen LogP contribution is 2.21. The van der Waals surface area contributed by atoms with E-state index in [1.165, 1.54) is 0 Å². The standard InChI is InChI=1S/C16H21N3O2/c1-19(2)6-5-12-9-17-15-4-3-11(8-14(12)15)7-13-10-21-16(20)18-13/h3-4,8-9,13,17H,5-7,10H2,1-2H3,(H,18,20)/t13-/m0/s1/i1D3,2D3,3D,4D,5D2,6D2,7D2,8D,9D,13D/hD2. The molecule has 0 saturated carbocycles. The van der Waals surface area contributed by atoms with Crippen molar-refractivity contribution in [3.8, 4) is 0 Å². The Morgan fingerprint density at radius 2 is 2.57 bits per heavy atom. The van der Waals surface area contributed by atoms with Gasteiger partial charge in [-0.15, -0.1) is 0 Å². The van der Waals surface area contributed by atoms with Crippen molar-refractivity contribution in [3.63, 3.8) is 0 Å². The molecule has 0 aliphatic carbocycles. The Labute approximate surface area is 151 Å². The Balaban J connectivity index is 2.49. The summed E-state index contributed by atoms with van der Waals surface area (Å²) >= 11 is 0. The van der Waals surface area contributed by atoms with Gasteiger partial charge in [-0.2, -0.15) is 0 Å². The van der Waals surface area contributed by atoms with Crippen LogP contribution in [0.2, 0.25) is 2.82 Å². The van der Waals surface area contributed by atoms with Crippen molar-refractivity contribution in [1.29, 1.82) is 0 Å². The molecule has 2 heterocycles. The molecule has 5 heteroatoms. The van der Waals surface area contributed by atoms with E-state index in [0.29, 0.717) is 0 Å². The molecule has 0 bridgehead atoms. The van der Waals surface area contributed by atoms with Gasteiger partial charge in [-0.25, -0.2) is 4.79 Å². The first kappa shape index (κ1) is 3.84. The lowest BCUT2D eigenvalue weighted by atomic mass is 10.0. The van der Waals surface area contributed by atoms with E-state index in [1.807, 2.05) is 0 Å². The monoisotopic (exact) mass is 306 g/mol. The number of alkyl carbamates (subject to hydrolysis) is 1. The van der Waals surface area contributed by atoms with E-state index in [2.05, 4.69) is 4.74 Å². The van der Waals surface area contributed by atoms with Crippen LogP contribution in [0.25, 0.3) is 10.9 Å². The van der Waals surface area contributed by atoms with E-state index in [4.69, 9.17) is 26.1 Å². The minimum atomic E-state index is -4.03. The van der Waals surface area contributed by atoms with Crippen molar-refractivity contribution in [3.05, 3.63) is 35.4 Å². The van der Waals surface area contributed by atoms with Crippen LogP contribution in [0, 0.1) is 0 Å². The SMILES string of the molecule is [2H]c1c(C([2H])([2H])[C@@]2([2H])COC(=O)N2[2H])c([2H])c2c(C([2H])([2H])C([2H])([2H])N(C([2H])([2H])[2H])C([2H])([2H])[2H])c([2H])n([2H])c2c1[2H]. The zero-order valence-corrected chi connectivity index (χ0v) is 10.4. The summed E-state index contributed by atoms with van der Waals surface area (Å²) in [6.45, 7) is -12.7. The minimum absolute atomic E-state index is 0.0147. The molecule has 5 nitrogen and oxygen atoms in total. The van der Waals surface area contributed by atoms with Crippen LogP contribution in [0.5, 0.6) is 0 Å². The van der Waals surface area contributed by atoms with Crippen molar-refractivity contribution in [1.82, 2.24) is 15.2 Å². The summed E-state index contributed by atoms with van der Waals surface area (Å²) < 4.78 is 158. The molecule has 1 amide bonds. The first-order valence-corrected chi connectivity index (χ1v) is 5.62. The molecule has 21 heavy (non-hydrogen) atoms. The number of fused-ring (bicyclic) bond motifs is 1. The van der Waals surface area contributed by atoms with E-state index in [9.17, 15) is 4.79 Å². The summed E-state index contributed by atoms with van der Waals surface area (Å²) in [5, 5.41) is -1.23. The molecule has 1 atom stereocenters. The maximum Gasteiger partial charge on any atom is 0.407 e. The van der Waals surface area contributed by atoms with Crippen LogP contribution in [0.15, 0.2) is 24.3 Å². The molecule has 2 aromatic rings. The molecule has 1 aliphatic heterocycles. The number of H-pyrrole nitrogens is 1. The fourth-order valence-corrected chi connectivity index (χ4v) is 1.61. The molecular weight excluding hydrogens is 266 g/mol. The van der Waals surface area contributed by atoms with Gasteiger partial charge < -0.3 is 19.9 Å². The number of ether oxygens (including phenoxy) is 1. The Morgan fingerprint density at radius 3 is 3.33 bits per heavy atom. The van der Waals surface area contributed by atoms with Crippen molar-refractivity contribution < 1.29 is 35.7 Å². The number of likely N-dealkylation sites (N-methyl/N-ethyl adjacent to an activating group) is 1. The van der Waals surface area contributed by atoms with Gasteiger partial charge in [0, 0.05) is 40.0 Å². The summed E-state index contributed by atoms with van der Waals surface area (Å²) in [6, 6.07) is -6.43. The van der Waals surface area contributed by atoms with Crippen LogP contribution in [0.3, 0.4) is 0 Å². The zero-order valence-electron chi connectivity index (χ0n) is 29.4. The van der Waals surface area contributed by atoms with Gasteiger partial charge in [-0.1, -0.05) is 6.04 Å². The Kier molecular flexibility index (Phi) is 1.06. The molecule has 0 radical (unpaired) electrons. The average Bonchev–Trinajstić information content (AvgIpc) is 3.18. The third kappa shape index (κ3) is 3.19. The Hall–Kier alpha value is -2.01. The van der Waals surface area contributed by atoms with Crippen molar-refractivity contribution in [2.24, 2.45) is 0 Å². The zero-order chi connectivity index (χ0) is 31.3. The van der Waals surface area contributed by atoms with Gasteiger partial charge >= 0.3 is 6.09 Å². The number of aromatic amines is 1. The number of aromatic nitrogens is 1. The van der Waals surface area contributed by atoms with Crippen LogP contribution in [-0.2, 0) is 17.5 Å². The lowest BCUT2D eigenvalue weighted by Gasteiger charge is -2.09. The van der Waals surface area contributed by atoms with Gasteiger partial charge in [0.15, 0.2) is 2.82 Å². The first-order chi connectivity index (χ1) is 17.7. The number of hydrogen-bond donors (Lipinski definition) is 2. The van der Waals surface area contributed by atoms with Gasteiger partial charge in [0.2, 0.25) is 0 Å². The summed E-state index contributed by atoms with van der Waals surface area (Å²) in [6.07, 6.45) is -9.96. The van der Waals surface area contributed by atoms with Crippen LogP contribution >= 0.6 is 0 Å². The molecule has 1 aliphatic rings. The topological polar surface area (TPSA) is 57.4 Å². The predicted octanol–water partition coefficient (Wildman–Crippen LogP) is 1.92. The summed E-state index contributed by atoms with van der Waals surface area (Å²) in [4.78, 5) is 11.0. The van der Waals surface area contributed by atoms with Crippen molar-refractivity contribution in [2.75, 3.05) is 27.1 Å². The normalized spacial score (nSPS) is 38.6. The van der Waals surface area contributed by atoms with E-state index in [-0.39, 0.29) is 10.3 Å². The van der Waals surface area contributed by atoms with Crippen molar-refractivity contribution in [2.45, 2.75) is 18.8 Å². The highest BCUT2D eigenvalue weighted by molar-refractivity contribution is 5.84. The maximum absolute atomic E-state index is 11.7. The van der Waals surface area contributed by atoms with Gasteiger partial charge in [-0.05, 0) is 49.9 Å². The lowest BCUT2D eigenvalue weighted by Crippen LogP contribution is -2.28. The number of rotatable bonds is 5. The van der Waals surface area contributed by atoms with Gasteiger partial charge in [-0.3, -0.25) is 0 Å². The van der Waals surface area contributed by atoms with E-state index in [0.717, 1.165) is 0 Å². The highest BCUT2D eigenvalue weighted by atomic mass is 16.6. The summed E-state index contributed by atoms with van der Waals surface area (Å²) in [5.74, 6) is 0. The third-order valence-corrected chi connectivity index (χ3v) is 2.44. The number of nitrogens with one attached hydrogen (secondary N) is 2. The number of carbonyl (C=O) groups is 1. The molecule has 0 spiro atoms. The molecular formula is C16H21N3O2.